The molecule has 0 saturated heterocycles. The molecule has 0 amide bonds. The second-order valence-electron chi connectivity index (χ2n) is 5.67. The molecule has 0 bridgehead atoms. The van der Waals surface area contributed by atoms with Crippen molar-refractivity contribution in [1.29, 1.82) is 5.26 Å². The largest absolute Gasteiger partial charge is 0.289 e. The molecular weight excluding hydrogens is 322 g/mol. The third kappa shape index (κ3) is 3.82. The Bertz CT molecular complexity index is 996. The van der Waals surface area contributed by atoms with Gasteiger partial charge in [-0.05, 0) is 23.8 Å². The normalized spacial score (nSPS) is 10.8. The van der Waals surface area contributed by atoms with Crippen molar-refractivity contribution in [3.05, 3.63) is 113 Å². The standard InChI is InChI=1S/C23H15NO2/c24-16-17-11-13-18(14-12-17)21(23(26)20-9-5-2-6-10-20)15-22(25)19-7-3-1-4-8-19/h1-15H. The van der Waals surface area contributed by atoms with E-state index in [9.17, 15) is 9.59 Å². The monoisotopic (exact) mass is 337 g/mol. The SMILES string of the molecule is N#Cc1ccc(C(=CC(=O)c2ccccc2)C(=O)c2ccccc2)cc1. The summed E-state index contributed by atoms with van der Waals surface area (Å²) >= 11 is 0. The lowest BCUT2D eigenvalue weighted by molar-refractivity contribution is 0.102. The first kappa shape index (κ1) is 17.1. The third-order valence-electron chi connectivity index (χ3n) is 3.94. The van der Waals surface area contributed by atoms with Crippen molar-refractivity contribution < 1.29 is 9.59 Å². The number of carbonyl (C=O) groups excluding carboxylic acids is 2. The lowest BCUT2D eigenvalue weighted by atomic mass is 9.94. The Hall–Kier alpha value is -3.77. The lowest BCUT2D eigenvalue weighted by Gasteiger charge is -2.08. The number of allylic oxidation sites excluding steroid dienone is 2. The molecule has 0 atom stereocenters. The minimum absolute atomic E-state index is 0.236. The van der Waals surface area contributed by atoms with Crippen LogP contribution in [-0.2, 0) is 0 Å². The minimum atomic E-state index is -0.241. The molecule has 0 aromatic heterocycles. The van der Waals surface area contributed by atoms with Crippen LogP contribution in [0.1, 0.15) is 31.8 Å². The van der Waals surface area contributed by atoms with E-state index in [4.69, 9.17) is 5.26 Å². The Morgan fingerprint density at radius 3 is 1.77 bits per heavy atom. The summed E-state index contributed by atoms with van der Waals surface area (Å²) in [7, 11) is 0. The molecule has 3 aromatic carbocycles. The van der Waals surface area contributed by atoms with Crippen molar-refractivity contribution in [2.75, 3.05) is 0 Å². The maximum Gasteiger partial charge on any atom is 0.193 e. The number of nitriles is 1. The Morgan fingerprint density at radius 1 is 0.692 bits per heavy atom. The average Bonchev–Trinajstić information content (AvgIpc) is 2.73. The van der Waals surface area contributed by atoms with E-state index in [1.165, 1.54) is 6.08 Å². The van der Waals surface area contributed by atoms with Crippen LogP contribution < -0.4 is 0 Å². The second kappa shape index (κ2) is 7.87. The van der Waals surface area contributed by atoms with E-state index in [2.05, 4.69) is 0 Å². The van der Waals surface area contributed by atoms with Crippen molar-refractivity contribution in [2.45, 2.75) is 0 Å². The summed E-state index contributed by atoms with van der Waals surface area (Å²) in [6.45, 7) is 0. The first-order valence-corrected chi connectivity index (χ1v) is 8.10. The molecule has 3 rings (SSSR count). The summed E-state index contributed by atoms with van der Waals surface area (Å²) in [5, 5.41) is 8.96. The van der Waals surface area contributed by atoms with E-state index >= 15 is 0 Å². The summed E-state index contributed by atoms with van der Waals surface area (Å²) in [5.74, 6) is -0.478. The van der Waals surface area contributed by atoms with E-state index in [0.717, 1.165) is 0 Å². The van der Waals surface area contributed by atoms with Gasteiger partial charge in [0.05, 0.1) is 11.6 Å². The highest BCUT2D eigenvalue weighted by atomic mass is 16.1. The zero-order valence-electron chi connectivity index (χ0n) is 13.9. The first-order chi connectivity index (χ1) is 12.7. The molecule has 0 aliphatic rings. The van der Waals surface area contributed by atoms with Crippen LogP contribution in [0.4, 0.5) is 0 Å². The number of rotatable bonds is 5. The van der Waals surface area contributed by atoms with Gasteiger partial charge in [0.25, 0.3) is 0 Å². The molecule has 0 radical (unpaired) electrons. The van der Waals surface area contributed by atoms with Gasteiger partial charge in [0, 0.05) is 16.7 Å². The van der Waals surface area contributed by atoms with Crippen molar-refractivity contribution in [1.82, 2.24) is 0 Å². The topological polar surface area (TPSA) is 57.9 Å². The van der Waals surface area contributed by atoms with E-state index in [-0.39, 0.29) is 11.6 Å². The predicted molar refractivity (Wildman–Crippen MR) is 101 cm³/mol. The van der Waals surface area contributed by atoms with Crippen LogP contribution in [-0.4, -0.2) is 11.6 Å². The molecular formula is C23H15NO2. The average molecular weight is 337 g/mol. The summed E-state index contributed by atoms with van der Waals surface area (Å²) in [6, 6.07) is 26.3. The lowest BCUT2D eigenvalue weighted by Crippen LogP contribution is -2.06. The Balaban J connectivity index is 2.06. The van der Waals surface area contributed by atoms with Crippen molar-refractivity contribution in [2.24, 2.45) is 0 Å². The number of nitrogens with zero attached hydrogens (tertiary/aromatic N) is 1. The zero-order chi connectivity index (χ0) is 18.4. The number of hydrogen-bond acceptors (Lipinski definition) is 3. The zero-order valence-corrected chi connectivity index (χ0v) is 13.9. The highest BCUT2D eigenvalue weighted by Crippen LogP contribution is 2.21. The van der Waals surface area contributed by atoms with Crippen LogP contribution >= 0.6 is 0 Å². The van der Waals surface area contributed by atoms with Gasteiger partial charge >= 0.3 is 0 Å². The van der Waals surface area contributed by atoms with Gasteiger partial charge in [-0.2, -0.15) is 5.26 Å². The molecule has 0 spiro atoms. The number of ketones is 2. The van der Waals surface area contributed by atoms with Crippen LogP contribution in [0, 0.1) is 11.3 Å². The van der Waals surface area contributed by atoms with Gasteiger partial charge in [-0.25, -0.2) is 0 Å². The molecule has 0 N–H and O–H groups in total. The summed E-state index contributed by atoms with van der Waals surface area (Å²) in [5.41, 5.74) is 2.41. The number of Topliss-reactive ketones (excluding diaryl/α,β-unsaturated/α-hetero) is 1. The quantitative estimate of drug-likeness (QED) is 0.500. The molecule has 124 valence electrons. The van der Waals surface area contributed by atoms with Crippen LogP contribution in [0.2, 0.25) is 0 Å². The van der Waals surface area contributed by atoms with Crippen molar-refractivity contribution in [3.8, 4) is 6.07 Å². The highest BCUT2D eigenvalue weighted by molar-refractivity contribution is 6.32. The third-order valence-corrected chi connectivity index (χ3v) is 3.94. The fourth-order valence-corrected chi connectivity index (χ4v) is 2.57. The fraction of sp³-hybridized carbons (Fsp3) is 0. The maximum absolute atomic E-state index is 13.0. The molecule has 3 nitrogen and oxygen atoms in total. The molecule has 0 unspecified atom stereocenters. The van der Waals surface area contributed by atoms with Crippen LogP contribution in [0.3, 0.4) is 0 Å². The molecule has 3 aromatic rings. The van der Waals surface area contributed by atoms with Crippen LogP contribution in [0.5, 0.6) is 0 Å². The Labute approximate surface area is 151 Å². The smallest absolute Gasteiger partial charge is 0.193 e. The maximum atomic E-state index is 13.0. The Kier molecular flexibility index (Phi) is 5.16. The molecule has 0 heterocycles. The van der Waals surface area contributed by atoms with Crippen LogP contribution in [0.15, 0.2) is 91.0 Å². The molecule has 0 aliphatic carbocycles. The second-order valence-corrected chi connectivity index (χ2v) is 5.67. The van der Waals surface area contributed by atoms with Gasteiger partial charge in [-0.15, -0.1) is 0 Å². The number of hydrogen-bond donors (Lipinski definition) is 0. The van der Waals surface area contributed by atoms with Crippen LogP contribution in [0.25, 0.3) is 5.57 Å². The first-order valence-electron chi connectivity index (χ1n) is 8.10. The minimum Gasteiger partial charge on any atom is -0.289 e. The van der Waals surface area contributed by atoms with Crippen molar-refractivity contribution in [3.63, 3.8) is 0 Å². The van der Waals surface area contributed by atoms with E-state index in [1.54, 1.807) is 72.8 Å². The van der Waals surface area contributed by atoms with E-state index in [0.29, 0.717) is 27.8 Å². The van der Waals surface area contributed by atoms with Crippen molar-refractivity contribution >= 4 is 17.1 Å². The van der Waals surface area contributed by atoms with E-state index < -0.39 is 0 Å². The number of carbonyl (C=O) groups is 2. The molecule has 3 heteroatoms. The van der Waals surface area contributed by atoms with Gasteiger partial charge in [-0.3, -0.25) is 9.59 Å². The molecule has 0 aliphatic heterocycles. The van der Waals surface area contributed by atoms with Gasteiger partial charge in [-0.1, -0.05) is 72.8 Å². The summed E-state index contributed by atoms with van der Waals surface area (Å²) < 4.78 is 0. The number of benzene rings is 3. The summed E-state index contributed by atoms with van der Waals surface area (Å²) in [4.78, 5) is 25.6. The van der Waals surface area contributed by atoms with E-state index in [1.807, 2.05) is 18.2 Å². The fourth-order valence-electron chi connectivity index (χ4n) is 2.57. The molecule has 0 fully saturated rings. The highest BCUT2D eigenvalue weighted by Gasteiger charge is 2.16. The summed E-state index contributed by atoms with van der Waals surface area (Å²) in [6.07, 6.45) is 1.37. The van der Waals surface area contributed by atoms with Gasteiger partial charge in [0.15, 0.2) is 11.6 Å². The molecule has 26 heavy (non-hydrogen) atoms. The van der Waals surface area contributed by atoms with Gasteiger partial charge in [0.1, 0.15) is 0 Å². The Morgan fingerprint density at radius 2 is 1.23 bits per heavy atom. The predicted octanol–water partition coefficient (Wildman–Crippen LogP) is 4.71. The van der Waals surface area contributed by atoms with Gasteiger partial charge < -0.3 is 0 Å². The van der Waals surface area contributed by atoms with Gasteiger partial charge in [0.2, 0.25) is 0 Å². The molecule has 0 saturated carbocycles.